The van der Waals surface area contributed by atoms with Gasteiger partial charge in [0.15, 0.2) is 0 Å². The Labute approximate surface area is 157 Å². The van der Waals surface area contributed by atoms with Crippen molar-refractivity contribution in [3.8, 4) is 11.1 Å². The molecule has 0 spiro atoms. The van der Waals surface area contributed by atoms with E-state index in [9.17, 15) is 9.18 Å². The summed E-state index contributed by atoms with van der Waals surface area (Å²) < 4.78 is 15.9. The van der Waals surface area contributed by atoms with Gasteiger partial charge in [0.2, 0.25) is 0 Å². The molecule has 1 aliphatic rings. The second-order valence-corrected chi connectivity index (χ2v) is 7.31. The second kappa shape index (κ2) is 7.12. The topological polar surface area (TPSA) is 58.4 Å². The maximum absolute atomic E-state index is 14.6. The lowest BCUT2D eigenvalue weighted by molar-refractivity contribution is -0.137. The van der Waals surface area contributed by atoms with E-state index in [1.54, 1.807) is 12.3 Å². The summed E-state index contributed by atoms with van der Waals surface area (Å²) in [5.74, 6) is -0.744. The average molecular weight is 367 g/mol. The first-order valence-corrected chi connectivity index (χ1v) is 9.17. The quantitative estimate of drug-likeness (QED) is 0.763. The van der Waals surface area contributed by atoms with Crippen LogP contribution in [0.25, 0.3) is 22.0 Å². The maximum atomic E-state index is 14.6. The molecule has 0 saturated carbocycles. The van der Waals surface area contributed by atoms with Gasteiger partial charge in [-0.25, -0.2) is 4.39 Å². The number of aromatic nitrogens is 2. The normalized spacial score (nSPS) is 16.1. The average Bonchev–Trinajstić information content (AvgIpc) is 3.02. The smallest absolute Gasteiger partial charge is 0.325 e. The molecule has 6 heteroatoms. The largest absolute Gasteiger partial charge is 0.480 e. The Balaban J connectivity index is 1.61. The number of benzene rings is 2. The van der Waals surface area contributed by atoms with Gasteiger partial charge in [0.1, 0.15) is 12.4 Å². The second-order valence-electron chi connectivity index (χ2n) is 7.31. The zero-order valence-electron chi connectivity index (χ0n) is 15.2. The van der Waals surface area contributed by atoms with E-state index >= 15 is 0 Å². The van der Waals surface area contributed by atoms with Crippen LogP contribution in [0.4, 0.5) is 4.39 Å². The number of hydrogen-bond donors (Lipinski definition) is 1. The van der Waals surface area contributed by atoms with Crippen LogP contribution in [0.2, 0.25) is 0 Å². The molecule has 0 aliphatic carbocycles. The van der Waals surface area contributed by atoms with Gasteiger partial charge in [-0.1, -0.05) is 24.3 Å². The summed E-state index contributed by atoms with van der Waals surface area (Å²) in [4.78, 5) is 13.2. The van der Waals surface area contributed by atoms with Crippen LogP contribution in [-0.4, -0.2) is 45.9 Å². The van der Waals surface area contributed by atoms with Gasteiger partial charge in [-0.3, -0.25) is 9.48 Å². The molecule has 4 rings (SSSR count). The fraction of sp³-hybridized carbons (Fsp3) is 0.333. The molecule has 1 N–H and O–H groups in total. The van der Waals surface area contributed by atoms with Crippen LogP contribution in [0.5, 0.6) is 0 Å². The molecule has 2 aromatic carbocycles. The Bertz CT molecular complexity index is 973. The predicted molar refractivity (Wildman–Crippen MR) is 102 cm³/mol. The zero-order chi connectivity index (χ0) is 19.0. The van der Waals surface area contributed by atoms with Crippen molar-refractivity contribution in [2.75, 3.05) is 20.1 Å². The van der Waals surface area contributed by atoms with Crippen molar-refractivity contribution in [2.45, 2.75) is 25.3 Å². The maximum Gasteiger partial charge on any atom is 0.325 e. The Hall–Kier alpha value is -2.73. The van der Waals surface area contributed by atoms with Gasteiger partial charge in [0.25, 0.3) is 0 Å². The third kappa shape index (κ3) is 3.71. The summed E-state index contributed by atoms with van der Waals surface area (Å²) in [5.41, 5.74) is 3.18. The van der Waals surface area contributed by atoms with E-state index in [1.165, 1.54) is 16.3 Å². The van der Waals surface area contributed by atoms with Crippen molar-refractivity contribution >= 4 is 16.9 Å². The molecule has 0 unspecified atom stereocenters. The first-order valence-electron chi connectivity index (χ1n) is 9.17. The van der Waals surface area contributed by atoms with Gasteiger partial charge in [-0.05, 0) is 62.2 Å². The minimum Gasteiger partial charge on any atom is -0.480 e. The first-order chi connectivity index (χ1) is 13.0. The molecule has 1 fully saturated rings. The van der Waals surface area contributed by atoms with Gasteiger partial charge in [-0.15, -0.1) is 0 Å². The SMILES string of the molecule is CN1CCC(c2ccc(-c3cc4nn(CC(=O)O)cc4cc3F)cc2)CC1. The van der Waals surface area contributed by atoms with Crippen molar-refractivity contribution in [2.24, 2.45) is 0 Å². The van der Waals surface area contributed by atoms with Gasteiger partial charge in [0.05, 0.1) is 5.52 Å². The molecule has 0 bridgehead atoms. The molecule has 0 amide bonds. The van der Waals surface area contributed by atoms with E-state index in [2.05, 4.69) is 29.2 Å². The number of rotatable bonds is 4. The molecule has 2 heterocycles. The summed E-state index contributed by atoms with van der Waals surface area (Å²) in [5, 5.41) is 13.7. The van der Waals surface area contributed by atoms with E-state index < -0.39 is 5.97 Å². The number of halogens is 1. The van der Waals surface area contributed by atoms with Crippen LogP contribution < -0.4 is 0 Å². The number of carboxylic acids is 1. The monoisotopic (exact) mass is 367 g/mol. The molecule has 1 aliphatic heterocycles. The lowest BCUT2D eigenvalue weighted by atomic mass is 9.88. The number of piperidine rings is 1. The Morgan fingerprint density at radius 3 is 2.59 bits per heavy atom. The highest BCUT2D eigenvalue weighted by Crippen LogP contribution is 2.31. The fourth-order valence-electron chi connectivity index (χ4n) is 3.81. The fourth-order valence-corrected chi connectivity index (χ4v) is 3.81. The van der Waals surface area contributed by atoms with Crippen LogP contribution >= 0.6 is 0 Å². The summed E-state index contributed by atoms with van der Waals surface area (Å²) in [6.45, 7) is 1.98. The van der Waals surface area contributed by atoms with Crippen molar-refractivity contribution < 1.29 is 14.3 Å². The molecule has 0 radical (unpaired) electrons. The molecule has 3 aromatic rings. The van der Waals surface area contributed by atoms with Gasteiger partial charge in [0, 0.05) is 17.1 Å². The number of aliphatic carboxylic acids is 1. The zero-order valence-corrected chi connectivity index (χ0v) is 15.2. The van der Waals surface area contributed by atoms with Gasteiger partial charge in [-0.2, -0.15) is 5.10 Å². The highest BCUT2D eigenvalue weighted by Gasteiger charge is 2.18. The van der Waals surface area contributed by atoms with Crippen molar-refractivity contribution in [3.05, 3.63) is 54.0 Å². The molecule has 1 aromatic heterocycles. The van der Waals surface area contributed by atoms with E-state index in [0.29, 0.717) is 22.4 Å². The van der Waals surface area contributed by atoms with Crippen LogP contribution in [0.1, 0.15) is 24.3 Å². The summed E-state index contributed by atoms with van der Waals surface area (Å²) in [6.07, 6.45) is 3.86. The predicted octanol–water partition coefficient (Wildman–Crippen LogP) is 3.74. The molecule has 0 atom stereocenters. The summed E-state index contributed by atoms with van der Waals surface area (Å²) in [7, 11) is 2.15. The Morgan fingerprint density at radius 2 is 1.93 bits per heavy atom. The van der Waals surface area contributed by atoms with E-state index in [0.717, 1.165) is 31.5 Å². The molecular formula is C21H22FN3O2. The summed E-state index contributed by atoms with van der Waals surface area (Å²) in [6, 6.07) is 11.2. The van der Waals surface area contributed by atoms with Gasteiger partial charge < -0.3 is 10.0 Å². The van der Waals surface area contributed by atoms with E-state index in [4.69, 9.17) is 5.11 Å². The third-order valence-corrected chi connectivity index (χ3v) is 5.35. The number of carbonyl (C=O) groups is 1. The molecule has 1 saturated heterocycles. The standard InChI is InChI=1S/C21H22FN3O2/c1-24-8-6-15(7-9-24)14-2-4-16(5-3-14)18-11-20-17(10-19(18)22)12-25(23-20)13-21(26)27/h2-5,10-12,15H,6-9,13H2,1H3,(H,26,27). The van der Waals surface area contributed by atoms with Crippen LogP contribution in [0.15, 0.2) is 42.6 Å². The number of hydrogen-bond acceptors (Lipinski definition) is 3. The Morgan fingerprint density at radius 1 is 1.22 bits per heavy atom. The first kappa shape index (κ1) is 17.7. The minimum absolute atomic E-state index is 0.239. The van der Waals surface area contributed by atoms with Gasteiger partial charge >= 0.3 is 5.97 Å². The van der Waals surface area contributed by atoms with Crippen molar-refractivity contribution in [3.63, 3.8) is 0 Å². The van der Waals surface area contributed by atoms with Crippen molar-refractivity contribution in [1.82, 2.24) is 14.7 Å². The lowest BCUT2D eigenvalue weighted by Crippen LogP contribution is -2.29. The van der Waals surface area contributed by atoms with Crippen LogP contribution in [0, 0.1) is 5.82 Å². The van der Waals surface area contributed by atoms with Crippen LogP contribution in [-0.2, 0) is 11.3 Å². The lowest BCUT2D eigenvalue weighted by Gasteiger charge is -2.29. The number of carboxylic acid groups (broad SMARTS) is 1. The molecule has 140 valence electrons. The minimum atomic E-state index is -0.979. The Kier molecular flexibility index (Phi) is 4.66. The molecule has 5 nitrogen and oxygen atoms in total. The van der Waals surface area contributed by atoms with E-state index in [-0.39, 0.29) is 12.4 Å². The number of likely N-dealkylation sites (tertiary alicyclic amines) is 1. The third-order valence-electron chi connectivity index (χ3n) is 5.35. The van der Waals surface area contributed by atoms with E-state index in [1.807, 2.05) is 12.1 Å². The van der Waals surface area contributed by atoms with Crippen LogP contribution in [0.3, 0.4) is 0 Å². The highest BCUT2D eigenvalue weighted by atomic mass is 19.1. The molecule has 27 heavy (non-hydrogen) atoms. The number of nitrogens with zero attached hydrogens (tertiary/aromatic N) is 3. The highest BCUT2D eigenvalue weighted by molar-refractivity contribution is 5.84. The van der Waals surface area contributed by atoms with Crippen molar-refractivity contribution in [1.29, 1.82) is 0 Å². The molecular weight excluding hydrogens is 345 g/mol. The number of fused-ring (bicyclic) bond motifs is 1. The summed E-state index contributed by atoms with van der Waals surface area (Å²) >= 11 is 0.